The molecule has 0 radical (unpaired) electrons. The van der Waals surface area contributed by atoms with Gasteiger partial charge in [-0.05, 0) is 25.0 Å². The summed E-state index contributed by atoms with van der Waals surface area (Å²) in [5.41, 5.74) is 1.35. The van der Waals surface area contributed by atoms with E-state index in [0.29, 0.717) is 31.9 Å². The van der Waals surface area contributed by atoms with Crippen LogP contribution in [0.4, 0.5) is 0 Å². The molecule has 112 valence electrons. The van der Waals surface area contributed by atoms with Gasteiger partial charge in [-0.2, -0.15) is 0 Å². The highest BCUT2D eigenvalue weighted by molar-refractivity contribution is 5.80. The van der Waals surface area contributed by atoms with E-state index in [2.05, 4.69) is 5.32 Å². The SMILES string of the molecule is O=C(NCCOCCn1c(=O)oc2ccccc21)C1CC1. The second-order valence-corrected chi connectivity index (χ2v) is 5.17. The van der Waals surface area contributed by atoms with Gasteiger partial charge in [-0.15, -0.1) is 0 Å². The van der Waals surface area contributed by atoms with Gasteiger partial charge in [0.25, 0.3) is 0 Å². The van der Waals surface area contributed by atoms with Crippen molar-refractivity contribution >= 4 is 17.0 Å². The van der Waals surface area contributed by atoms with Crippen LogP contribution in [0.25, 0.3) is 11.1 Å². The van der Waals surface area contributed by atoms with E-state index in [9.17, 15) is 9.59 Å². The van der Waals surface area contributed by atoms with Crippen molar-refractivity contribution in [2.75, 3.05) is 19.8 Å². The first-order chi connectivity index (χ1) is 10.3. The minimum Gasteiger partial charge on any atom is -0.408 e. The summed E-state index contributed by atoms with van der Waals surface area (Å²) in [6.45, 7) is 1.80. The van der Waals surface area contributed by atoms with E-state index >= 15 is 0 Å². The first-order valence-corrected chi connectivity index (χ1v) is 7.19. The van der Waals surface area contributed by atoms with Gasteiger partial charge in [-0.3, -0.25) is 9.36 Å². The van der Waals surface area contributed by atoms with E-state index in [-0.39, 0.29) is 17.6 Å². The third kappa shape index (κ3) is 3.33. The Morgan fingerprint density at radius 1 is 1.33 bits per heavy atom. The maximum Gasteiger partial charge on any atom is 0.420 e. The van der Waals surface area contributed by atoms with E-state index in [4.69, 9.17) is 9.15 Å². The van der Waals surface area contributed by atoms with Crippen LogP contribution in [0.3, 0.4) is 0 Å². The van der Waals surface area contributed by atoms with Gasteiger partial charge in [0, 0.05) is 12.5 Å². The molecule has 21 heavy (non-hydrogen) atoms. The number of carbonyl (C=O) groups is 1. The van der Waals surface area contributed by atoms with Crippen molar-refractivity contribution in [3.8, 4) is 0 Å². The van der Waals surface area contributed by atoms with E-state index in [1.807, 2.05) is 18.2 Å². The van der Waals surface area contributed by atoms with Crippen LogP contribution in [0.2, 0.25) is 0 Å². The zero-order valence-electron chi connectivity index (χ0n) is 11.7. The zero-order valence-corrected chi connectivity index (χ0v) is 11.7. The molecule has 1 N–H and O–H groups in total. The fourth-order valence-electron chi connectivity index (χ4n) is 2.22. The standard InChI is InChI=1S/C15H18N2O4/c18-14(11-5-6-11)16-7-9-20-10-8-17-12-3-1-2-4-13(12)21-15(17)19/h1-4,11H,5-10H2,(H,16,18). The van der Waals surface area contributed by atoms with Crippen LogP contribution in [0.1, 0.15) is 12.8 Å². The summed E-state index contributed by atoms with van der Waals surface area (Å²) in [6.07, 6.45) is 2.01. The van der Waals surface area contributed by atoms with Gasteiger partial charge in [0.2, 0.25) is 5.91 Å². The van der Waals surface area contributed by atoms with Gasteiger partial charge in [-0.1, -0.05) is 12.1 Å². The summed E-state index contributed by atoms with van der Waals surface area (Å²) in [7, 11) is 0. The fraction of sp³-hybridized carbons (Fsp3) is 0.467. The molecule has 0 aliphatic heterocycles. The number of hydrogen-bond donors (Lipinski definition) is 1. The maximum atomic E-state index is 11.7. The van der Waals surface area contributed by atoms with E-state index in [1.165, 1.54) is 0 Å². The number of nitrogens with zero attached hydrogens (tertiary/aromatic N) is 1. The summed E-state index contributed by atoms with van der Waals surface area (Å²) in [6, 6.07) is 7.30. The average Bonchev–Trinajstić information content (AvgIpc) is 3.27. The lowest BCUT2D eigenvalue weighted by Crippen LogP contribution is -2.29. The van der Waals surface area contributed by atoms with Crippen LogP contribution in [-0.4, -0.2) is 30.2 Å². The largest absolute Gasteiger partial charge is 0.420 e. The van der Waals surface area contributed by atoms with Gasteiger partial charge < -0.3 is 14.5 Å². The first kappa shape index (κ1) is 13.9. The molecule has 0 unspecified atom stereocenters. The Bertz CT molecular complexity index is 684. The Labute approximate surface area is 121 Å². The number of rotatable bonds is 7. The number of amides is 1. The molecule has 1 amide bonds. The van der Waals surface area contributed by atoms with Crippen LogP contribution in [0.5, 0.6) is 0 Å². The number of nitrogens with one attached hydrogen (secondary N) is 1. The highest BCUT2D eigenvalue weighted by atomic mass is 16.5. The zero-order chi connectivity index (χ0) is 14.7. The van der Waals surface area contributed by atoms with Crippen molar-refractivity contribution in [2.45, 2.75) is 19.4 Å². The van der Waals surface area contributed by atoms with Gasteiger partial charge in [0.1, 0.15) is 0 Å². The van der Waals surface area contributed by atoms with Crippen molar-refractivity contribution in [1.29, 1.82) is 0 Å². The Balaban J connectivity index is 1.43. The topological polar surface area (TPSA) is 73.5 Å². The predicted molar refractivity (Wildman–Crippen MR) is 77.0 cm³/mol. The van der Waals surface area contributed by atoms with Crippen molar-refractivity contribution in [1.82, 2.24) is 9.88 Å². The highest BCUT2D eigenvalue weighted by Gasteiger charge is 2.28. The van der Waals surface area contributed by atoms with Gasteiger partial charge in [0.15, 0.2) is 5.58 Å². The van der Waals surface area contributed by atoms with Crippen molar-refractivity contribution in [3.63, 3.8) is 0 Å². The van der Waals surface area contributed by atoms with Gasteiger partial charge >= 0.3 is 5.76 Å². The summed E-state index contributed by atoms with van der Waals surface area (Å²) in [5, 5.41) is 2.83. The lowest BCUT2D eigenvalue weighted by Gasteiger charge is -2.06. The molecule has 1 aromatic heterocycles. The molecular weight excluding hydrogens is 272 g/mol. The molecule has 6 heteroatoms. The lowest BCUT2D eigenvalue weighted by molar-refractivity contribution is -0.122. The minimum absolute atomic E-state index is 0.121. The Morgan fingerprint density at radius 3 is 2.95 bits per heavy atom. The van der Waals surface area contributed by atoms with Crippen molar-refractivity contribution in [2.24, 2.45) is 5.92 Å². The van der Waals surface area contributed by atoms with Crippen LogP contribution in [0.15, 0.2) is 33.5 Å². The quantitative estimate of drug-likeness (QED) is 0.776. The Hall–Kier alpha value is -2.08. The van der Waals surface area contributed by atoms with E-state index in [0.717, 1.165) is 18.4 Å². The number of benzene rings is 1. The number of ether oxygens (including phenoxy) is 1. The predicted octanol–water partition coefficient (Wildman–Crippen LogP) is 1.14. The van der Waals surface area contributed by atoms with Crippen LogP contribution in [-0.2, 0) is 16.1 Å². The van der Waals surface area contributed by atoms with Crippen LogP contribution in [0, 0.1) is 5.92 Å². The third-order valence-corrected chi connectivity index (χ3v) is 3.53. The molecule has 1 aliphatic carbocycles. The second kappa shape index (κ2) is 6.13. The average molecular weight is 290 g/mol. The fourth-order valence-corrected chi connectivity index (χ4v) is 2.22. The van der Waals surface area contributed by atoms with Crippen LogP contribution < -0.4 is 11.1 Å². The number of carbonyl (C=O) groups excluding carboxylic acids is 1. The highest BCUT2D eigenvalue weighted by Crippen LogP contribution is 2.28. The molecule has 1 saturated carbocycles. The Kier molecular flexibility index (Phi) is 4.06. The third-order valence-electron chi connectivity index (χ3n) is 3.53. The van der Waals surface area contributed by atoms with E-state index < -0.39 is 0 Å². The molecule has 0 spiro atoms. The summed E-state index contributed by atoms with van der Waals surface area (Å²) >= 11 is 0. The molecule has 0 bridgehead atoms. The van der Waals surface area contributed by atoms with E-state index in [1.54, 1.807) is 10.6 Å². The maximum absolute atomic E-state index is 11.7. The molecule has 1 aromatic carbocycles. The molecule has 0 atom stereocenters. The number of aromatic nitrogens is 1. The first-order valence-electron chi connectivity index (χ1n) is 7.19. The van der Waals surface area contributed by atoms with Gasteiger partial charge in [0.05, 0.1) is 25.3 Å². The second-order valence-electron chi connectivity index (χ2n) is 5.17. The van der Waals surface area contributed by atoms with Crippen molar-refractivity contribution in [3.05, 3.63) is 34.8 Å². The molecule has 3 rings (SSSR count). The number of fused-ring (bicyclic) bond motifs is 1. The minimum atomic E-state index is -0.373. The monoisotopic (exact) mass is 290 g/mol. The Morgan fingerprint density at radius 2 is 2.14 bits per heavy atom. The summed E-state index contributed by atoms with van der Waals surface area (Å²) in [4.78, 5) is 23.1. The number of para-hydroxylation sites is 2. The molecule has 6 nitrogen and oxygen atoms in total. The molecule has 1 fully saturated rings. The number of oxazole rings is 1. The van der Waals surface area contributed by atoms with Gasteiger partial charge in [-0.25, -0.2) is 4.79 Å². The summed E-state index contributed by atoms with van der Waals surface area (Å²) < 4.78 is 12.1. The summed E-state index contributed by atoms with van der Waals surface area (Å²) in [5.74, 6) is -0.0293. The smallest absolute Gasteiger partial charge is 0.408 e. The molecule has 0 saturated heterocycles. The van der Waals surface area contributed by atoms with Crippen LogP contribution >= 0.6 is 0 Å². The van der Waals surface area contributed by atoms with Crippen molar-refractivity contribution < 1.29 is 13.9 Å². The molecule has 2 aromatic rings. The molecule has 1 heterocycles. The molecule has 1 aliphatic rings. The lowest BCUT2D eigenvalue weighted by atomic mass is 10.3. The number of hydrogen-bond acceptors (Lipinski definition) is 4. The molecular formula is C15H18N2O4. The normalized spacial score (nSPS) is 14.5.